The number of esters is 1. The topological polar surface area (TPSA) is 47.6 Å². The Kier molecular flexibility index (Phi) is 4.81. The van der Waals surface area contributed by atoms with Crippen molar-refractivity contribution >= 4 is 5.97 Å². The Labute approximate surface area is 106 Å². The zero-order valence-electron chi connectivity index (χ0n) is 11.0. The van der Waals surface area contributed by atoms with Crippen LogP contribution in [-0.4, -0.2) is 18.7 Å². The van der Waals surface area contributed by atoms with E-state index in [0.29, 0.717) is 12.1 Å². The predicted molar refractivity (Wildman–Crippen MR) is 65.4 cm³/mol. The van der Waals surface area contributed by atoms with Crippen LogP contribution in [0.25, 0.3) is 0 Å². The van der Waals surface area contributed by atoms with Gasteiger partial charge in [0.1, 0.15) is 5.82 Å². The molecule has 1 rings (SSSR count). The molecule has 1 aromatic rings. The Morgan fingerprint density at radius 3 is 2.56 bits per heavy atom. The van der Waals surface area contributed by atoms with Crippen LogP contribution in [0.2, 0.25) is 0 Å². The minimum atomic E-state index is -0.682. The van der Waals surface area contributed by atoms with E-state index in [9.17, 15) is 9.18 Å². The first-order valence-electron chi connectivity index (χ1n) is 5.61. The minimum Gasteiger partial charge on any atom is -0.465 e. The molecule has 100 valence electrons. The van der Waals surface area contributed by atoms with Crippen LogP contribution in [0.5, 0.6) is 0 Å². The van der Waals surface area contributed by atoms with Crippen molar-refractivity contribution in [2.45, 2.75) is 32.9 Å². The fourth-order valence-corrected chi connectivity index (χ4v) is 1.28. The molecule has 1 N–H and O–H groups in total. The van der Waals surface area contributed by atoms with Gasteiger partial charge in [0.05, 0.1) is 18.3 Å². The molecule has 0 amide bonds. The highest BCUT2D eigenvalue weighted by Gasteiger charge is 2.13. The van der Waals surface area contributed by atoms with Crippen molar-refractivity contribution in [2.24, 2.45) is 0 Å². The lowest BCUT2D eigenvalue weighted by Crippen LogP contribution is -2.28. The van der Waals surface area contributed by atoms with Gasteiger partial charge in [-0.25, -0.2) is 9.18 Å². The van der Waals surface area contributed by atoms with E-state index in [0.717, 1.165) is 0 Å². The third-order valence-corrected chi connectivity index (χ3v) is 2.09. The molecular formula is C13H18FNO3. The van der Waals surface area contributed by atoms with Gasteiger partial charge in [-0.1, -0.05) is 6.07 Å². The summed E-state index contributed by atoms with van der Waals surface area (Å²) >= 11 is 0. The second-order valence-corrected chi connectivity index (χ2v) is 4.84. The fourth-order valence-electron chi connectivity index (χ4n) is 1.28. The van der Waals surface area contributed by atoms with Crippen LogP contribution in [0.3, 0.4) is 0 Å². The van der Waals surface area contributed by atoms with Gasteiger partial charge in [-0.3, -0.25) is 4.84 Å². The van der Waals surface area contributed by atoms with E-state index in [1.807, 2.05) is 20.8 Å². The first kappa shape index (κ1) is 14.6. The van der Waals surface area contributed by atoms with Gasteiger partial charge in [-0.2, -0.15) is 5.48 Å². The Morgan fingerprint density at radius 2 is 2.06 bits per heavy atom. The number of rotatable bonds is 4. The van der Waals surface area contributed by atoms with Gasteiger partial charge in [0.15, 0.2) is 0 Å². The molecule has 18 heavy (non-hydrogen) atoms. The molecule has 4 nitrogen and oxygen atoms in total. The van der Waals surface area contributed by atoms with Crippen molar-refractivity contribution in [3.8, 4) is 0 Å². The maximum absolute atomic E-state index is 13.6. The summed E-state index contributed by atoms with van der Waals surface area (Å²) in [6.45, 7) is 6.07. The summed E-state index contributed by atoms with van der Waals surface area (Å²) in [6.07, 6.45) is 0. The lowest BCUT2D eigenvalue weighted by atomic mass is 10.1. The smallest absolute Gasteiger partial charge is 0.340 e. The van der Waals surface area contributed by atoms with E-state index < -0.39 is 11.8 Å². The number of carbonyl (C=O) groups excluding carboxylic acids is 1. The third-order valence-electron chi connectivity index (χ3n) is 2.09. The number of halogens is 1. The van der Waals surface area contributed by atoms with Crippen LogP contribution in [0.4, 0.5) is 4.39 Å². The van der Waals surface area contributed by atoms with Gasteiger partial charge in [0, 0.05) is 6.54 Å². The maximum Gasteiger partial charge on any atom is 0.340 e. The van der Waals surface area contributed by atoms with E-state index >= 15 is 0 Å². The highest BCUT2D eigenvalue weighted by atomic mass is 19.1. The third kappa shape index (κ3) is 4.43. The monoisotopic (exact) mass is 255 g/mol. The largest absolute Gasteiger partial charge is 0.465 e. The van der Waals surface area contributed by atoms with E-state index in [-0.39, 0.29) is 11.2 Å². The van der Waals surface area contributed by atoms with Gasteiger partial charge in [-0.05, 0) is 38.5 Å². The Bertz CT molecular complexity index is 427. The Balaban J connectivity index is 2.65. The molecule has 0 aliphatic heterocycles. The van der Waals surface area contributed by atoms with Crippen LogP contribution < -0.4 is 5.48 Å². The first-order chi connectivity index (χ1) is 8.33. The summed E-state index contributed by atoms with van der Waals surface area (Å²) in [6, 6.07) is 4.33. The average Bonchev–Trinajstić information content (AvgIpc) is 2.26. The maximum atomic E-state index is 13.6. The van der Waals surface area contributed by atoms with Crippen LogP contribution in [0.1, 0.15) is 36.7 Å². The van der Waals surface area contributed by atoms with Gasteiger partial charge in [0.25, 0.3) is 0 Å². The average molecular weight is 255 g/mol. The summed E-state index contributed by atoms with van der Waals surface area (Å²) in [4.78, 5) is 16.5. The molecule has 0 radical (unpaired) electrons. The standard InChI is InChI=1S/C13H18FNO3/c1-13(2,3)18-15-8-9-5-6-10(11(14)7-9)12(16)17-4/h5-7,15H,8H2,1-4H3. The molecule has 0 bridgehead atoms. The summed E-state index contributed by atoms with van der Waals surface area (Å²) in [5, 5.41) is 0. The van der Waals surface area contributed by atoms with Crippen LogP contribution in [-0.2, 0) is 16.1 Å². The van der Waals surface area contributed by atoms with Gasteiger partial charge in [0.2, 0.25) is 0 Å². The summed E-state index contributed by atoms with van der Waals surface area (Å²) < 4.78 is 18.0. The molecule has 0 heterocycles. The molecule has 5 heteroatoms. The number of hydrogen-bond donors (Lipinski definition) is 1. The molecule has 0 spiro atoms. The molecular weight excluding hydrogens is 237 g/mol. The highest BCUT2D eigenvalue weighted by molar-refractivity contribution is 5.89. The fraction of sp³-hybridized carbons (Fsp3) is 0.462. The van der Waals surface area contributed by atoms with Crippen molar-refractivity contribution in [3.63, 3.8) is 0 Å². The zero-order chi connectivity index (χ0) is 13.8. The zero-order valence-corrected chi connectivity index (χ0v) is 11.0. The van der Waals surface area contributed by atoms with Crippen molar-refractivity contribution in [1.82, 2.24) is 5.48 Å². The van der Waals surface area contributed by atoms with Crippen molar-refractivity contribution in [1.29, 1.82) is 0 Å². The molecule has 1 aromatic carbocycles. The number of nitrogens with one attached hydrogen (secondary N) is 1. The normalized spacial score (nSPS) is 11.4. The van der Waals surface area contributed by atoms with Gasteiger partial charge >= 0.3 is 5.97 Å². The second-order valence-electron chi connectivity index (χ2n) is 4.84. The van der Waals surface area contributed by atoms with E-state index in [4.69, 9.17) is 4.84 Å². The molecule has 0 saturated carbocycles. The number of hydrogen-bond acceptors (Lipinski definition) is 4. The van der Waals surface area contributed by atoms with E-state index in [2.05, 4.69) is 10.2 Å². The highest BCUT2D eigenvalue weighted by Crippen LogP contribution is 2.12. The predicted octanol–water partition coefficient (Wildman–Crippen LogP) is 2.43. The lowest BCUT2D eigenvalue weighted by molar-refractivity contribution is -0.0757. The van der Waals surface area contributed by atoms with Crippen LogP contribution in [0.15, 0.2) is 18.2 Å². The van der Waals surface area contributed by atoms with Crippen molar-refractivity contribution < 1.29 is 18.8 Å². The Morgan fingerprint density at radius 1 is 1.39 bits per heavy atom. The first-order valence-corrected chi connectivity index (χ1v) is 5.61. The molecule has 0 unspecified atom stereocenters. The number of carbonyl (C=O) groups is 1. The van der Waals surface area contributed by atoms with E-state index in [1.165, 1.54) is 19.2 Å². The number of benzene rings is 1. The molecule has 0 aromatic heterocycles. The second kappa shape index (κ2) is 5.93. The number of hydroxylamine groups is 1. The summed E-state index contributed by atoms with van der Waals surface area (Å²) in [7, 11) is 1.22. The minimum absolute atomic E-state index is 0.0713. The lowest BCUT2D eigenvalue weighted by Gasteiger charge is -2.19. The SMILES string of the molecule is COC(=O)c1ccc(CNOC(C)(C)C)cc1F. The quantitative estimate of drug-likeness (QED) is 0.663. The van der Waals surface area contributed by atoms with Gasteiger partial charge < -0.3 is 4.74 Å². The molecule has 0 aliphatic carbocycles. The van der Waals surface area contributed by atoms with Crippen molar-refractivity contribution in [2.75, 3.05) is 7.11 Å². The number of methoxy groups -OCH3 is 1. The Hall–Kier alpha value is -1.46. The molecule has 0 atom stereocenters. The van der Waals surface area contributed by atoms with Gasteiger partial charge in [-0.15, -0.1) is 0 Å². The summed E-state index contributed by atoms with van der Waals surface area (Å²) in [5.74, 6) is -1.28. The molecule has 0 aliphatic rings. The van der Waals surface area contributed by atoms with E-state index in [1.54, 1.807) is 6.07 Å². The summed E-state index contributed by atoms with van der Waals surface area (Å²) in [5.41, 5.74) is 3.05. The van der Waals surface area contributed by atoms with Crippen molar-refractivity contribution in [3.05, 3.63) is 35.1 Å². The molecule has 0 saturated heterocycles. The number of ether oxygens (including phenoxy) is 1. The van der Waals surface area contributed by atoms with Crippen LogP contribution >= 0.6 is 0 Å². The molecule has 0 fully saturated rings. The van der Waals surface area contributed by atoms with Crippen LogP contribution in [0, 0.1) is 5.82 Å².